The summed E-state index contributed by atoms with van der Waals surface area (Å²) in [6.07, 6.45) is 0.864. The summed E-state index contributed by atoms with van der Waals surface area (Å²) >= 11 is 1.78. The van der Waals surface area contributed by atoms with Crippen LogP contribution < -0.4 is 0 Å². The highest BCUT2D eigenvalue weighted by atomic mass is 32.2. The van der Waals surface area contributed by atoms with E-state index in [0.717, 1.165) is 17.5 Å². The molecule has 0 aliphatic rings. The first-order chi connectivity index (χ1) is 13.5. The zero-order valence-corrected chi connectivity index (χ0v) is 19.2. The molecule has 0 spiro atoms. The summed E-state index contributed by atoms with van der Waals surface area (Å²) in [5.41, 5.74) is 4.38. The van der Waals surface area contributed by atoms with Crippen molar-refractivity contribution >= 4 is 11.8 Å². The van der Waals surface area contributed by atoms with Gasteiger partial charge in [-0.15, -0.1) is 0 Å². The molecular weight excluding hydrogens is 372 g/mol. The van der Waals surface area contributed by atoms with Crippen molar-refractivity contribution < 1.29 is 5.11 Å². The molecule has 0 fully saturated rings. The molecule has 2 heteroatoms. The standard InChI is InChI=1S/C27H32OS/c1-26(2,3)23-17-20(18-24(25(23)28)27(4,5)6)16-19-12-14-22(15-13-19)29-21-10-8-7-9-11-21/h7-15,17-18,28H,16H2,1-6H3. The van der Waals surface area contributed by atoms with Gasteiger partial charge in [-0.3, -0.25) is 0 Å². The van der Waals surface area contributed by atoms with Crippen molar-refractivity contribution in [1.82, 2.24) is 0 Å². The summed E-state index contributed by atoms with van der Waals surface area (Å²) in [5.74, 6) is 0.448. The van der Waals surface area contributed by atoms with Crippen molar-refractivity contribution in [1.29, 1.82) is 0 Å². The van der Waals surface area contributed by atoms with Gasteiger partial charge in [0.1, 0.15) is 5.75 Å². The normalized spacial score (nSPS) is 12.2. The molecule has 0 aliphatic carbocycles. The third-order valence-electron chi connectivity index (χ3n) is 5.10. The van der Waals surface area contributed by atoms with E-state index in [-0.39, 0.29) is 10.8 Å². The lowest BCUT2D eigenvalue weighted by Crippen LogP contribution is -2.18. The lowest BCUT2D eigenvalue weighted by molar-refractivity contribution is 0.423. The van der Waals surface area contributed by atoms with E-state index >= 15 is 0 Å². The van der Waals surface area contributed by atoms with Gasteiger partial charge in [0, 0.05) is 9.79 Å². The number of hydrogen-bond acceptors (Lipinski definition) is 2. The van der Waals surface area contributed by atoms with Crippen LogP contribution in [0.5, 0.6) is 5.75 Å². The van der Waals surface area contributed by atoms with Crippen LogP contribution in [-0.4, -0.2) is 5.11 Å². The third kappa shape index (κ3) is 5.45. The molecule has 1 N–H and O–H groups in total. The summed E-state index contributed by atoms with van der Waals surface area (Å²) in [6.45, 7) is 13.0. The van der Waals surface area contributed by atoms with Crippen LogP contribution in [0.2, 0.25) is 0 Å². The van der Waals surface area contributed by atoms with E-state index in [1.54, 1.807) is 11.8 Å². The summed E-state index contributed by atoms with van der Waals surface area (Å²) in [4.78, 5) is 2.50. The van der Waals surface area contributed by atoms with Crippen LogP contribution in [0, 0.1) is 0 Å². The average molecular weight is 405 g/mol. The molecule has 0 heterocycles. The van der Waals surface area contributed by atoms with Crippen LogP contribution in [0.3, 0.4) is 0 Å². The molecule has 0 amide bonds. The van der Waals surface area contributed by atoms with Gasteiger partial charge in [0.25, 0.3) is 0 Å². The maximum atomic E-state index is 10.9. The second kappa shape index (κ2) is 8.28. The van der Waals surface area contributed by atoms with Crippen molar-refractivity contribution in [2.24, 2.45) is 0 Å². The predicted molar refractivity (Wildman–Crippen MR) is 125 cm³/mol. The van der Waals surface area contributed by atoms with Crippen LogP contribution in [0.25, 0.3) is 0 Å². The van der Waals surface area contributed by atoms with Gasteiger partial charge in [0.15, 0.2) is 0 Å². The fourth-order valence-corrected chi connectivity index (χ4v) is 4.31. The minimum atomic E-state index is -0.101. The Kier molecular flexibility index (Phi) is 6.14. The van der Waals surface area contributed by atoms with Crippen LogP contribution in [0.15, 0.2) is 76.5 Å². The number of rotatable bonds is 4. The second-order valence-corrected chi connectivity index (χ2v) is 10.9. The Bertz CT molecular complexity index is 923. The fraction of sp³-hybridized carbons (Fsp3) is 0.333. The molecule has 0 bridgehead atoms. The van der Waals surface area contributed by atoms with Crippen LogP contribution in [0.4, 0.5) is 0 Å². The van der Waals surface area contributed by atoms with Gasteiger partial charge in [0.05, 0.1) is 0 Å². The molecule has 0 unspecified atom stereocenters. The highest BCUT2D eigenvalue weighted by Crippen LogP contribution is 2.40. The van der Waals surface area contributed by atoms with E-state index in [1.165, 1.54) is 20.9 Å². The highest BCUT2D eigenvalue weighted by molar-refractivity contribution is 7.99. The fourth-order valence-electron chi connectivity index (χ4n) is 3.48. The lowest BCUT2D eigenvalue weighted by Gasteiger charge is -2.28. The van der Waals surface area contributed by atoms with Crippen LogP contribution in [-0.2, 0) is 17.3 Å². The molecule has 0 saturated heterocycles. The summed E-state index contributed by atoms with van der Waals surface area (Å²) in [5, 5.41) is 10.9. The molecule has 3 aromatic rings. The van der Waals surface area contributed by atoms with Crippen LogP contribution >= 0.6 is 11.8 Å². The number of benzene rings is 3. The molecule has 1 nitrogen and oxygen atoms in total. The van der Waals surface area contributed by atoms with Gasteiger partial charge in [-0.05, 0) is 63.8 Å². The second-order valence-electron chi connectivity index (χ2n) is 9.78. The van der Waals surface area contributed by atoms with Gasteiger partial charge in [-0.2, -0.15) is 0 Å². The summed E-state index contributed by atoms with van der Waals surface area (Å²) in [7, 11) is 0. The number of phenols is 1. The van der Waals surface area contributed by atoms with Gasteiger partial charge in [0.2, 0.25) is 0 Å². The third-order valence-corrected chi connectivity index (χ3v) is 6.11. The molecule has 3 rings (SSSR count). The van der Waals surface area contributed by atoms with E-state index in [0.29, 0.717) is 5.75 Å². The van der Waals surface area contributed by atoms with E-state index in [4.69, 9.17) is 0 Å². The van der Waals surface area contributed by atoms with Crippen molar-refractivity contribution in [2.45, 2.75) is 68.6 Å². The molecule has 0 saturated carbocycles. The summed E-state index contributed by atoms with van der Waals surface area (Å²) < 4.78 is 0. The Morgan fingerprint density at radius 2 is 1.14 bits per heavy atom. The Hall–Kier alpha value is -2.19. The van der Waals surface area contributed by atoms with E-state index in [1.807, 2.05) is 6.07 Å². The van der Waals surface area contributed by atoms with Crippen LogP contribution in [0.1, 0.15) is 63.8 Å². The highest BCUT2D eigenvalue weighted by Gasteiger charge is 2.26. The predicted octanol–water partition coefficient (Wildman–Crippen LogP) is 7.73. The minimum Gasteiger partial charge on any atom is -0.507 e. The first kappa shape index (κ1) is 21.5. The largest absolute Gasteiger partial charge is 0.507 e. The molecule has 0 atom stereocenters. The van der Waals surface area contributed by atoms with Crippen molar-refractivity contribution in [3.8, 4) is 5.75 Å². The number of aromatic hydroxyl groups is 1. The minimum absolute atomic E-state index is 0.101. The zero-order valence-electron chi connectivity index (χ0n) is 18.4. The zero-order chi connectivity index (χ0) is 21.2. The molecule has 0 aromatic heterocycles. The SMILES string of the molecule is CC(C)(C)c1cc(Cc2ccc(Sc3ccccc3)cc2)cc(C(C)(C)C)c1O. The molecule has 152 valence electrons. The number of phenolic OH excluding ortho intramolecular Hbond substituents is 1. The Balaban J connectivity index is 1.87. The molecule has 29 heavy (non-hydrogen) atoms. The van der Waals surface area contributed by atoms with Crippen molar-refractivity contribution in [3.63, 3.8) is 0 Å². The Morgan fingerprint density at radius 1 is 0.655 bits per heavy atom. The first-order valence-electron chi connectivity index (χ1n) is 10.2. The summed E-state index contributed by atoms with van der Waals surface area (Å²) in [6, 6.07) is 23.6. The van der Waals surface area contributed by atoms with E-state index < -0.39 is 0 Å². The number of hydrogen-bond donors (Lipinski definition) is 1. The Morgan fingerprint density at radius 3 is 1.62 bits per heavy atom. The van der Waals surface area contributed by atoms with E-state index in [9.17, 15) is 5.11 Å². The van der Waals surface area contributed by atoms with Crippen molar-refractivity contribution in [3.05, 3.63) is 89.0 Å². The van der Waals surface area contributed by atoms with Gasteiger partial charge in [-0.25, -0.2) is 0 Å². The average Bonchev–Trinajstić information content (AvgIpc) is 2.63. The molecular formula is C27H32OS. The lowest BCUT2D eigenvalue weighted by atomic mass is 9.78. The smallest absolute Gasteiger partial charge is 0.123 e. The van der Waals surface area contributed by atoms with Gasteiger partial charge < -0.3 is 5.11 Å². The maximum absolute atomic E-state index is 10.9. The quantitative estimate of drug-likeness (QED) is 0.480. The molecule has 3 aromatic carbocycles. The topological polar surface area (TPSA) is 20.2 Å². The monoisotopic (exact) mass is 404 g/mol. The molecule has 0 radical (unpaired) electrons. The Labute approximate surface area is 180 Å². The van der Waals surface area contributed by atoms with Crippen molar-refractivity contribution in [2.75, 3.05) is 0 Å². The van der Waals surface area contributed by atoms with Gasteiger partial charge >= 0.3 is 0 Å². The van der Waals surface area contributed by atoms with Gasteiger partial charge in [-0.1, -0.05) is 95.8 Å². The maximum Gasteiger partial charge on any atom is 0.123 e. The van der Waals surface area contributed by atoms with E-state index in [2.05, 4.69) is 102 Å². The molecule has 0 aliphatic heterocycles. The first-order valence-corrected chi connectivity index (χ1v) is 11.0.